The summed E-state index contributed by atoms with van der Waals surface area (Å²) in [6.07, 6.45) is 0. The third kappa shape index (κ3) is 73.6. The van der Waals surface area contributed by atoms with Gasteiger partial charge in [0.25, 0.3) is 0 Å². The van der Waals surface area contributed by atoms with Crippen molar-refractivity contribution in [3.63, 3.8) is 0 Å². The standard InChI is InChI=1S/2Ag.2Al.2Cu.2In.3Te.6H/q;;2*+3;;;;;3*-2;;;;;;. The zero-order valence-electron chi connectivity index (χ0n) is 3.59. The summed E-state index contributed by atoms with van der Waals surface area (Å²) in [5, 5.41) is 0. The molecule has 0 saturated heterocycles. The second-order valence-corrected chi connectivity index (χ2v) is 0. The molecule has 0 saturated carbocycles. The fraction of sp³-hybridized carbons (Fsp3) is 0. The molecule has 0 aromatic rings. The Morgan fingerprint density at radius 3 is 0.455 bits per heavy atom. The van der Waals surface area contributed by atoms with Crippen LogP contribution in [0.5, 0.6) is 0 Å². The first-order valence-corrected chi connectivity index (χ1v) is 0. The second-order valence-electron chi connectivity index (χ2n) is 0. The Morgan fingerprint density at radius 1 is 0.455 bits per heavy atom. The molecule has 0 nitrogen and oxygen atoms in total. The average molecular weight is 1020 g/mol. The molecule has 0 amide bonds. The van der Waals surface area contributed by atoms with Crippen LogP contribution in [0.2, 0.25) is 0 Å². The normalized spacial score (nSPS) is 0. The van der Waals surface area contributed by atoms with Crippen molar-refractivity contribution in [3.05, 3.63) is 0 Å². The molecule has 0 aliphatic carbocycles. The molecule has 0 atom stereocenters. The van der Waals surface area contributed by atoms with Crippen molar-refractivity contribution in [2.45, 2.75) is 0 Å². The van der Waals surface area contributed by atoms with Gasteiger partial charge in [-0.05, 0) is 0 Å². The van der Waals surface area contributed by atoms with Crippen LogP contribution in [0.15, 0.2) is 0 Å². The van der Waals surface area contributed by atoms with Crippen molar-refractivity contribution in [2.75, 3.05) is 0 Å². The summed E-state index contributed by atoms with van der Waals surface area (Å²) >= 11 is 0. The Hall–Kier alpha value is 7.69. The van der Waals surface area contributed by atoms with Gasteiger partial charge in [-0.1, -0.05) is 0 Å². The molecular weight excluding hydrogens is 1010 g/mol. The van der Waals surface area contributed by atoms with E-state index >= 15 is 0 Å². The Labute approximate surface area is 230 Å². The smallest absolute Gasteiger partial charge is 2.00 e. The predicted molar refractivity (Wildman–Crippen MR) is 48.6 cm³/mol. The zero-order chi connectivity index (χ0) is 0. The van der Waals surface area contributed by atoms with Crippen LogP contribution in [0, 0.1) is 0 Å². The molecule has 11 heavy (non-hydrogen) atoms. The Balaban J connectivity index is 0. The summed E-state index contributed by atoms with van der Waals surface area (Å²) in [6, 6.07) is 0. The van der Waals surface area contributed by atoms with Crippen LogP contribution >= 0.6 is 0 Å². The molecule has 0 bridgehead atoms. The van der Waals surface area contributed by atoms with E-state index in [-0.39, 0.29) is 236 Å². The van der Waals surface area contributed by atoms with Crippen molar-refractivity contribution < 1.29 is 78.9 Å². The van der Waals surface area contributed by atoms with Crippen LogP contribution in [0.1, 0.15) is 0 Å². The molecule has 0 fully saturated rings. The number of rotatable bonds is 0. The molecule has 11 heteroatoms. The predicted octanol–water partition coefficient (Wildman–Crippen LogP) is -4.28. The second kappa shape index (κ2) is 83.3. The maximum absolute atomic E-state index is 0. The first kappa shape index (κ1) is 98.9. The molecule has 0 N–H and O–H groups in total. The molecule has 0 rings (SSSR count). The van der Waals surface area contributed by atoms with Crippen molar-refractivity contribution in [3.8, 4) is 0 Å². The van der Waals surface area contributed by atoms with Crippen molar-refractivity contribution >= 4 is 157 Å². The summed E-state index contributed by atoms with van der Waals surface area (Å²) in [6.45, 7) is 0. The van der Waals surface area contributed by atoms with Crippen LogP contribution in [0.25, 0.3) is 0 Å². The maximum Gasteiger partial charge on any atom is -2.00 e. The van der Waals surface area contributed by atoms with Crippen LogP contribution in [-0.2, 0) is 78.9 Å². The molecule has 0 aliphatic heterocycles. The Bertz CT molecular complexity index is 25.3. The summed E-state index contributed by atoms with van der Waals surface area (Å²) in [5.41, 5.74) is 0. The summed E-state index contributed by atoms with van der Waals surface area (Å²) < 4.78 is 0. The van der Waals surface area contributed by atoms with Gasteiger partial charge in [0.1, 0.15) is 0 Å². The van der Waals surface area contributed by atoms with Crippen molar-refractivity contribution in [1.82, 2.24) is 0 Å². The largest absolute Gasteiger partial charge is 2.00 e. The fourth-order valence-electron chi connectivity index (χ4n) is 0. The third-order valence-corrected chi connectivity index (χ3v) is 0. The molecule has 0 aromatic carbocycles. The Morgan fingerprint density at radius 2 is 0.455 bits per heavy atom. The van der Waals surface area contributed by atoms with Gasteiger partial charge in [0.05, 0.1) is 0 Å². The molecule has 0 aliphatic rings. The molecule has 80 valence electrons. The van der Waals surface area contributed by atoms with Crippen LogP contribution < -0.4 is 0 Å². The summed E-state index contributed by atoms with van der Waals surface area (Å²) in [5.74, 6) is 0. The van der Waals surface area contributed by atoms with E-state index in [0.717, 1.165) is 0 Å². The van der Waals surface area contributed by atoms with Gasteiger partial charge in [0, 0.05) is 78.9 Å². The molecule has 0 unspecified atom stereocenters. The van der Waals surface area contributed by atoms with Gasteiger partial charge in [-0.15, -0.1) is 0 Å². The van der Waals surface area contributed by atoms with E-state index in [9.17, 15) is 0 Å². The van der Waals surface area contributed by atoms with Gasteiger partial charge in [-0.2, -0.15) is 0 Å². The van der Waals surface area contributed by atoms with E-state index in [2.05, 4.69) is 0 Å². The third-order valence-electron chi connectivity index (χ3n) is 0. The fourth-order valence-corrected chi connectivity index (χ4v) is 0. The van der Waals surface area contributed by atoms with Gasteiger partial charge < -0.3 is 71.0 Å². The number of hydrogen-bond acceptors (Lipinski definition) is 0. The monoisotopic (exact) mass is 1020 g/mol. The van der Waals surface area contributed by atoms with Crippen molar-refractivity contribution in [1.29, 1.82) is 0 Å². The number of hydrogen-bond donors (Lipinski definition) is 0. The van der Waals surface area contributed by atoms with Gasteiger partial charge in [-0.25, -0.2) is 0 Å². The van der Waals surface area contributed by atoms with Crippen LogP contribution in [-0.4, -0.2) is 157 Å². The van der Waals surface area contributed by atoms with E-state index in [1.54, 1.807) is 0 Å². The zero-order valence-corrected chi connectivity index (χ0v) is 17.7. The minimum absolute atomic E-state index is 0. The van der Waals surface area contributed by atoms with Crippen LogP contribution in [0.3, 0.4) is 0 Å². The van der Waals surface area contributed by atoms with E-state index < -0.39 is 0 Å². The van der Waals surface area contributed by atoms with Crippen molar-refractivity contribution in [2.24, 2.45) is 0 Å². The van der Waals surface area contributed by atoms with E-state index in [4.69, 9.17) is 0 Å². The molecule has 0 spiro atoms. The summed E-state index contributed by atoms with van der Waals surface area (Å²) in [4.78, 5) is 0. The van der Waals surface area contributed by atoms with E-state index in [1.165, 1.54) is 0 Å². The minimum Gasteiger partial charge on any atom is -2.00 e. The van der Waals surface area contributed by atoms with Gasteiger partial charge >= 0.3 is 86.4 Å². The molecule has 4 radical (unpaired) electrons. The van der Waals surface area contributed by atoms with Gasteiger partial charge in [0.2, 0.25) is 0 Å². The van der Waals surface area contributed by atoms with E-state index in [1.807, 2.05) is 0 Å². The topological polar surface area (TPSA) is 0 Å². The summed E-state index contributed by atoms with van der Waals surface area (Å²) in [7, 11) is 0. The first-order valence-electron chi connectivity index (χ1n) is 0. The molecule has 0 heterocycles. The Kier molecular flexibility index (Phi) is 749. The minimum atomic E-state index is 0. The van der Waals surface area contributed by atoms with E-state index in [0.29, 0.717) is 0 Å². The molecule has 0 aromatic heterocycles. The first-order chi connectivity index (χ1) is 0. The quantitative estimate of drug-likeness (QED) is 0.216. The van der Waals surface area contributed by atoms with Gasteiger partial charge in [-0.3, -0.25) is 0 Å². The molecular formula is H6Ag2Al2Cu2In2Te3. The SMILES string of the molecule is [Ag].[Ag].[Al+3].[Al+3].[Cu].[Cu].[InH3].[InH3].[Te-2].[Te-2].[Te-2]. The average Bonchev–Trinajstić information content (AvgIpc) is 0. The van der Waals surface area contributed by atoms with Crippen LogP contribution in [0.4, 0.5) is 0 Å². The maximum atomic E-state index is 0. The van der Waals surface area contributed by atoms with Gasteiger partial charge in [0.15, 0.2) is 0 Å².